The summed E-state index contributed by atoms with van der Waals surface area (Å²) in [6.45, 7) is 0.278. The summed E-state index contributed by atoms with van der Waals surface area (Å²) in [4.78, 5) is 21.8. The highest BCUT2D eigenvalue weighted by molar-refractivity contribution is 5.97. The molecule has 6 heteroatoms. The second kappa shape index (κ2) is 6.07. The number of nitro benzene ring substituents is 1. The molecule has 1 aromatic rings. The molecule has 0 aliphatic carbocycles. The second-order valence-electron chi connectivity index (χ2n) is 3.65. The third-order valence-electron chi connectivity index (χ3n) is 2.21. The number of nitro groups is 1. The van der Waals surface area contributed by atoms with Gasteiger partial charge in [-0.25, -0.2) is 0 Å². The lowest BCUT2D eigenvalue weighted by Gasteiger charge is -2.08. The first-order chi connectivity index (χ1) is 8.04. The van der Waals surface area contributed by atoms with E-state index >= 15 is 0 Å². The van der Waals surface area contributed by atoms with Crippen molar-refractivity contribution < 1.29 is 14.5 Å². The minimum Gasteiger partial charge on any atom is -0.383 e. The number of carbonyl (C=O) groups excluding carboxylic acids is 1. The van der Waals surface area contributed by atoms with Crippen LogP contribution in [0.5, 0.6) is 0 Å². The van der Waals surface area contributed by atoms with E-state index in [1.54, 1.807) is 0 Å². The molecule has 0 amide bonds. The van der Waals surface area contributed by atoms with E-state index in [-0.39, 0.29) is 24.5 Å². The quantitative estimate of drug-likeness (QED) is 0.455. The first kappa shape index (κ1) is 13.3. The highest BCUT2D eigenvalue weighted by Crippen LogP contribution is 2.14. The molecule has 1 rings (SSSR count). The average Bonchev–Trinajstić information content (AvgIpc) is 2.29. The van der Waals surface area contributed by atoms with Crippen LogP contribution in [-0.4, -0.2) is 30.5 Å². The van der Waals surface area contributed by atoms with Gasteiger partial charge in [0.05, 0.1) is 11.5 Å². The fraction of sp³-hybridized carbons (Fsp3) is 0.364. The van der Waals surface area contributed by atoms with Gasteiger partial charge in [0.25, 0.3) is 5.69 Å². The Morgan fingerprint density at radius 1 is 1.59 bits per heavy atom. The minimum atomic E-state index is -0.536. The van der Waals surface area contributed by atoms with Gasteiger partial charge in [0, 0.05) is 37.3 Å². The summed E-state index contributed by atoms with van der Waals surface area (Å²) in [5, 5.41) is 10.6. The van der Waals surface area contributed by atoms with Crippen molar-refractivity contribution in [3.63, 3.8) is 0 Å². The number of methoxy groups -OCH3 is 1. The number of nitrogens with two attached hydrogens (primary N) is 1. The highest BCUT2D eigenvalue weighted by Gasteiger charge is 2.14. The molecule has 1 unspecified atom stereocenters. The van der Waals surface area contributed by atoms with Gasteiger partial charge >= 0.3 is 0 Å². The highest BCUT2D eigenvalue weighted by atomic mass is 16.6. The Hall–Kier alpha value is -1.79. The van der Waals surface area contributed by atoms with Gasteiger partial charge in [0.1, 0.15) is 0 Å². The summed E-state index contributed by atoms with van der Waals surface area (Å²) in [6, 6.07) is 5.21. The number of carbonyl (C=O) groups is 1. The summed E-state index contributed by atoms with van der Waals surface area (Å²) in [7, 11) is 1.50. The van der Waals surface area contributed by atoms with E-state index in [0.717, 1.165) is 0 Å². The molecule has 0 heterocycles. The van der Waals surface area contributed by atoms with Gasteiger partial charge in [-0.2, -0.15) is 0 Å². The van der Waals surface area contributed by atoms with E-state index in [0.29, 0.717) is 5.56 Å². The number of benzene rings is 1. The Balaban J connectivity index is 2.75. The van der Waals surface area contributed by atoms with Crippen LogP contribution in [-0.2, 0) is 4.74 Å². The number of Topliss-reactive ketones (excluding diaryl/α,β-unsaturated/α-hetero) is 1. The Morgan fingerprint density at radius 3 is 2.88 bits per heavy atom. The van der Waals surface area contributed by atoms with Crippen molar-refractivity contribution in [1.82, 2.24) is 0 Å². The first-order valence-electron chi connectivity index (χ1n) is 5.06. The molecule has 0 spiro atoms. The molecule has 0 fully saturated rings. The van der Waals surface area contributed by atoms with Crippen LogP contribution in [0.25, 0.3) is 0 Å². The summed E-state index contributed by atoms with van der Waals surface area (Å²) < 4.78 is 4.82. The molecule has 0 aromatic heterocycles. The van der Waals surface area contributed by atoms with E-state index in [4.69, 9.17) is 10.5 Å². The van der Waals surface area contributed by atoms with Crippen molar-refractivity contribution in [2.75, 3.05) is 13.7 Å². The largest absolute Gasteiger partial charge is 0.383 e. The van der Waals surface area contributed by atoms with Gasteiger partial charge in [-0.15, -0.1) is 0 Å². The Morgan fingerprint density at radius 2 is 2.29 bits per heavy atom. The van der Waals surface area contributed by atoms with E-state index in [1.807, 2.05) is 0 Å². The van der Waals surface area contributed by atoms with Crippen LogP contribution in [0.1, 0.15) is 16.8 Å². The number of hydrogen-bond acceptors (Lipinski definition) is 5. The lowest BCUT2D eigenvalue weighted by Crippen LogP contribution is -2.28. The normalized spacial score (nSPS) is 12.1. The van der Waals surface area contributed by atoms with Crippen molar-refractivity contribution >= 4 is 11.5 Å². The van der Waals surface area contributed by atoms with Crippen molar-refractivity contribution in [2.24, 2.45) is 5.73 Å². The third kappa shape index (κ3) is 3.93. The van der Waals surface area contributed by atoms with Crippen molar-refractivity contribution in [1.29, 1.82) is 0 Å². The number of rotatable bonds is 6. The number of hydrogen-bond donors (Lipinski definition) is 1. The zero-order chi connectivity index (χ0) is 12.8. The van der Waals surface area contributed by atoms with Gasteiger partial charge in [-0.05, 0) is 0 Å². The van der Waals surface area contributed by atoms with Crippen LogP contribution in [0, 0.1) is 10.1 Å². The molecule has 0 aliphatic heterocycles. The monoisotopic (exact) mass is 238 g/mol. The summed E-state index contributed by atoms with van der Waals surface area (Å²) in [5.74, 6) is -0.224. The second-order valence-corrected chi connectivity index (χ2v) is 3.65. The smallest absolute Gasteiger partial charge is 0.270 e. The molecule has 2 N–H and O–H groups in total. The Labute approximate surface area is 98.5 Å². The fourth-order valence-electron chi connectivity index (χ4n) is 1.42. The topological polar surface area (TPSA) is 95.5 Å². The van der Waals surface area contributed by atoms with Gasteiger partial charge in [-0.1, -0.05) is 12.1 Å². The van der Waals surface area contributed by atoms with E-state index in [1.165, 1.54) is 31.4 Å². The Kier molecular flexibility index (Phi) is 4.74. The molecular formula is C11H14N2O4. The first-order valence-corrected chi connectivity index (χ1v) is 5.06. The van der Waals surface area contributed by atoms with Crippen LogP contribution in [0.4, 0.5) is 5.69 Å². The maximum atomic E-state index is 11.7. The van der Waals surface area contributed by atoms with Gasteiger partial charge in [0.15, 0.2) is 5.78 Å². The zero-order valence-electron chi connectivity index (χ0n) is 9.46. The molecule has 0 saturated heterocycles. The maximum absolute atomic E-state index is 11.7. The molecule has 0 saturated carbocycles. The van der Waals surface area contributed by atoms with Crippen LogP contribution in [0.15, 0.2) is 24.3 Å². The number of non-ortho nitro benzene ring substituents is 1. The summed E-state index contributed by atoms with van der Waals surface area (Å²) in [6.07, 6.45) is 0.106. The summed E-state index contributed by atoms with van der Waals surface area (Å²) >= 11 is 0. The summed E-state index contributed by atoms with van der Waals surface area (Å²) in [5.41, 5.74) is 5.84. The number of ketones is 1. The average molecular weight is 238 g/mol. The van der Waals surface area contributed by atoms with E-state index in [2.05, 4.69) is 0 Å². The van der Waals surface area contributed by atoms with Crippen molar-refractivity contribution in [2.45, 2.75) is 12.5 Å². The lowest BCUT2D eigenvalue weighted by atomic mass is 10.0. The van der Waals surface area contributed by atoms with Crippen LogP contribution >= 0.6 is 0 Å². The predicted octanol–water partition coefficient (Wildman–Crippen LogP) is 1.14. The molecule has 0 bridgehead atoms. The predicted molar refractivity (Wildman–Crippen MR) is 61.9 cm³/mol. The molecular weight excluding hydrogens is 224 g/mol. The third-order valence-corrected chi connectivity index (χ3v) is 2.21. The molecule has 0 radical (unpaired) electrons. The molecule has 1 aromatic carbocycles. The number of ether oxygens (including phenoxy) is 1. The Bertz CT molecular complexity index is 420. The molecule has 1 atom stereocenters. The number of nitrogens with zero attached hydrogens (tertiary/aromatic N) is 1. The van der Waals surface area contributed by atoms with Crippen molar-refractivity contribution in [3.8, 4) is 0 Å². The molecule has 6 nitrogen and oxygen atoms in total. The zero-order valence-corrected chi connectivity index (χ0v) is 9.46. The van der Waals surface area contributed by atoms with Crippen LogP contribution in [0.2, 0.25) is 0 Å². The minimum absolute atomic E-state index is 0.101. The van der Waals surface area contributed by atoms with E-state index < -0.39 is 11.0 Å². The molecule has 0 aliphatic rings. The van der Waals surface area contributed by atoms with Crippen LogP contribution < -0.4 is 5.73 Å². The lowest BCUT2D eigenvalue weighted by molar-refractivity contribution is -0.384. The SMILES string of the molecule is COCC(N)CC(=O)c1cccc([N+](=O)[O-])c1. The van der Waals surface area contributed by atoms with Crippen molar-refractivity contribution in [3.05, 3.63) is 39.9 Å². The fourth-order valence-corrected chi connectivity index (χ4v) is 1.42. The van der Waals surface area contributed by atoms with E-state index in [9.17, 15) is 14.9 Å². The standard InChI is InChI=1S/C11H14N2O4/c1-17-7-9(12)6-11(14)8-3-2-4-10(5-8)13(15)16/h2-5,9H,6-7,12H2,1H3. The van der Waals surface area contributed by atoms with Gasteiger partial charge in [0.2, 0.25) is 0 Å². The molecule has 92 valence electrons. The van der Waals surface area contributed by atoms with Gasteiger partial charge < -0.3 is 10.5 Å². The maximum Gasteiger partial charge on any atom is 0.270 e. The van der Waals surface area contributed by atoms with Crippen LogP contribution in [0.3, 0.4) is 0 Å². The molecule has 17 heavy (non-hydrogen) atoms. The van der Waals surface area contributed by atoms with Gasteiger partial charge in [-0.3, -0.25) is 14.9 Å².